The molecule has 7 heteroatoms. The molecule has 0 spiro atoms. The molecule has 19 heavy (non-hydrogen) atoms. The highest BCUT2D eigenvalue weighted by Gasteiger charge is 2.34. The van der Waals surface area contributed by atoms with Crippen LogP contribution in [-0.4, -0.2) is 9.76 Å². The molecule has 1 aromatic rings. The Morgan fingerprint density at radius 3 is 2.32 bits per heavy atom. The van der Waals surface area contributed by atoms with Gasteiger partial charge in [0, 0.05) is 0 Å². The molecule has 0 aromatic heterocycles. The van der Waals surface area contributed by atoms with E-state index in [4.69, 9.17) is 62.7 Å². The topological polar surface area (TPSA) is 26.3 Å². The molecule has 0 bridgehead atoms. The van der Waals surface area contributed by atoms with Gasteiger partial charge in [-0.2, -0.15) is 0 Å². The summed E-state index contributed by atoms with van der Waals surface area (Å²) in [7, 11) is 0. The molecule has 0 aliphatic heterocycles. The first-order valence-corrected chi connectivity index (χ1v) is 7.38. The third-order valence-electron chi connectivity index (χ3n) is 2.43. The quantitative estimate of drug-likeness (QED) is 0.413. The zero-order valence-corrected chi connectivity index (χ0v) is 13.9. The summed E-state index contributed by atoms with van der Waals surface area (Å²) in [6.07, 6.45) is 0.623. The summed E-state index contributed by atoms with van der Waals surface area (Å²) in [5.41, 5.74) is 2.19. The van der Waals surface area contributed by atoms with Crippen LogP contribution in [-0.2, 0) is 11.2 Å². The molecular weight excluding hydrogens is 353 g/mol. The molecule has 0 radical (unpaired) electrons. The van der Waals surface area contributed by atoms with Crippen molar-refractivity contribution in [3.8, 4) is 5.75 Å². The van der Waals surface area contributed by atoms with E-state index in [1.54, 1.807) is 19.1 Å². The van der Waals surface area contributed by atoms with Crippen molar-refractivity contribution < 1.29 is 9.53 Å². The van der Waals surface area contributed by atoms with E-state index in [0.717, 1.165) is 11.1 Å². The van der Waals surface area contributed by atoms with Gasteiger partial charge in [-0.15, -0.1) is 23.2 Å². The van der Waals surface area contributed by atoms with Crippen LogP contribution in [0.15, 0.2) is 12.1 Å². The molecule has 0 unspecified atom stereocenters. The van der Waals surface area contributed by atoms with E-state index in [1.807, 2.05) is 6.92 Å². The summed E-state index contributed by atoms with van der Waals surface area (Å²) in [6.45, 7) is 3.67. The normalized spacial score (nSPS) is 11.8. The minimum Gasteiger partial charge on any atom is -0.423 e. The van der Waals surface area contributed by atoms with Crippen molar-refractivity contribution >= 4 is 64.0 Å². The molecule has 0 saturated heterocycles. The first-order valence-electron chi connectivity index (χ1n) is 5.37. The summed E-state index contributed by atoms with van der Waals surface area (Å²) >= 11 is 28.1. The smallest absolute Gasteiger partial charge is 0.363 e. The molecule has 0 amide bonds. The Bertz CT molecular complexity index is 480. The summed E-state index contributed by atoms with van der Waals surface area (Å²) in [6, 6.07) is 3.49. The van der Waals surface area contributed by atoms with Gasteiger partial charge in [-0.05, 0) is 42.2 Å². The number of aryl methyl sites for hydroxylation is 2. The molecule has 0 aliphatic rings. The summed E-state index contributed by atoms with van der Waals surface area (Å²) in [4.78, 5) is 11.0. The molecule has 1 aromatic carbocycles. The number of hydrogen-bond acceptors (Lipinski definition) is 2. The standard InChI is InChI=1S/C12H11Cl5O2/c1-3-7-5-8(10(13)14)4-6(2)9(7)19-11(18)12(15,16)17/h4-5,10H,3H2,1-2H3. The van der Waals surface area contributed by atoms with E-state index in [1.165, 1.54) is 0 Å². The van der Waals surface area contributed by atoms with Crippen LogP contribution in [0.1, 0.15) is 28.5 Å². The monoisotopic (exact) mass is 362 g/mol. The van der Waals surface area contributed by atoms with Gasteiger partial charge >= 0.3 is 5.97 Å². The molecule has 2 nitrogen and oxygen atoms in total. The maximum atomic E-state index is 11.6. The Balaban J connectivity index is 3.18. The lowest BCUT2D eigenvalue weighted by Gasteiger charge is -2.16. The van der Waals surface area contributed by atoms with Crippen molar-refractivity contribution in [3.63, 3.8) is 0 Å². The van der Waals surface area contributed by atoms with Crippen LogP contribution >= 0.6 is 58.0 Å². The number of hydrogen-bond donors (Lipinski definition) is 0. The van der Waals surface area contributed by atoms with Gasteiger partial charge < -0.3 is 4.74 Å². The molecule has 0 saturated carbocycles. The summed E-state index contributed by atoms with van der Waals surface area (Å²) in [5, 5.41) is 0. The number of esters is 1. The second kappa shape index (κ2) is 6.73. The van der Waals surface area contributed by atoms with Crippen LogP contribution in [0, 0.1) is 6.92 Å². The first kappa shape index (κ1) is 17.2. The zero-order valence-electron chi connectivity index (χ0n) is 10.1. The highest BCUT2D eigenvalue weighted by Crippen LogP contribution is 2.35. The van der Waals surface area contributed by atoms with Crippen LogP contribution in [0.4, 0.5) is 0 Å². The molecule has 0 fully saturated rings. The third-order valence-corrected chi connectivity index (χ3v) is 3.40. The van der Waals surface area contributed by atoms with Gasteiger partial charge in [0.15, 0.2) is 0 Å². The lowest BCUT2D eigenvalue weighted by Crippen LogP contribution is -2.25. The highest BCUT2D eigenvalue weighted by molar-refractivity contribution is 6.75. The molecule has 0 heterocycles. The largest absolute Gasteiger partial charge is 0.423 e. The van der Waals surface area contributed by atoms with Crippen molar-refractivity contribution in [3.05, 3.63) is 28.8 Å². The Morgan fingerprint density at radius 2 is 1.89 bits per heavy atom. The zero-order chi connectivity index (χ0) is 14.8. The maximum Gasteiger partial charge on any atom is 0.363 e. The number of alkyl halides is 5. The predicted octanol–water partition coefficient (Wildman–Crippen LogP) is 5.31. The third kappa shape index (κ3) is 4.57. The van der Waals surface area contributed by atoms with Gasteiger partial charge in [0.25, 0.3) is 3.79 Å². The number of carbonyl (C=O) groups excluding carboxylic acids is 1. The summed E-state index contributed by atoms with van der Waals surface area (Å²) < 4.78 is 3.03. The minimum absolute atomic E-state index is 0.372. The van der Waals surface area contributed by atoms with E-state index < -0.39 is 14.6 Å². The highest BCUT2D eigenvalue weighted by atomic mass is 35.6. The number of benzene rings is 1. The fourth-order valence-corrected chi connectivity index (χ4v) is 1.93. The van der Waals surface area contributed by atoms with Gasteiger partial charge in [-0.1, -0.05) is 41.7 Å². The van der Waals surface area contributed by atoms with Gasteiger partial charge in [0.05, 0.1) is 0 Å². The summed E-state index contributed by atoms with van der Waals surface area (Å²) in [5.74, 6) is -0.576. The lowest BCUT2D eigenvalue weighted by molar-refractivity contribution is -0.133. The van der Waals surface area contributed by atoms with E-state index in [0.29, 0.717) is 17.7 Å². The van der Waals surface area contributed by atoms with Crippen LogP contribution in [0.25, 0.3) is 0 Å². The van der Waals surface area contributed by atoms with E-state index >= 15 is 0 Å². The Kier molecular flexibility index (Phi) is 6.09. The van der Waals surface area contributed by atoms with Gasteiger partial charge in [0.2, 0.25) is 0 Å². The van der Waals surface area contributed by atoms with Crippen molar-refractivity contribution in [1.82, 2.24) is 0 Å². The van der Waals surface area contributed by atoms with Crippen LogP contribution < -0.4 is 4.74 Å². The maximum absolute atomic E-state index is 11.6. The molecule has 0 aliphatic carbocycles. The fraction of sp³-hybridized carbons (Fsp3) is 0.417. The fourth-order valence-electron chi connectivity index (χ4n) is 1.56. The van der Waals surface area contributed by atoms with Crippen molar-refractivity contribution in [2.45, 2.75) is 28.9 Å². The van der Waals surface area contributed by atoms with E-state index in [9.17, 15) is 4.79 Å². The average Bonchev–Trinajstić information content (AvgIpc) is 2.29. The Hall–Kier alpha value is 0.140. The van der Waals surface area contributed by atoms with E-state index in [-0.39, 0.29) is 0 Å². The first-order chi connectivity index (χ1) is 8.66. The van der Waals surface area contributed by atoms with Gasteiger partial charge in [0.1, 0.15) is 10.6 Å². The van der Waals surface area contributed by atoms with E-state index in [2.05, 4.69) is 0 Å². The molecule has 0 N–H and O–H groups in total. The van der Waals surface area contributed by atoms with Crippen molar-refractivity contribution in [2.24, 2.45) is 0 Å². The number of ether oxygens (including phenoxy) is 1. The SMILES string of the molecule is CCc1cc(C(Cl)Cl)cc(C)c1OC(=O)C(Cl)(Cl)Cl. The minimum atomic E-state index is -2.11. The van der Waals surface area contributed by atoms with Gasteiger partial charge in [-0.3, -0.25) is 0 Å². The molecule has 1 rings (SSSR count). The number of rotatable bonds is 3. The second-order valence-electron chi connectivity index (χ2n) is 3.87. The molecule has 106 valence electrons. The van der Waals surface area contributed by atoms with Crippen molar-refractivity contribution in [1.29, 1.82) is 0 Å². The lowest BCUT2D eigenvalue weighted by atomic mass is 10.0. The number of halogens is 5. The number of carbonyl (C=O) groups is 1. The Labute approximate surface area is 136 Å². The average molecular weight is 364 g/mol. The van der Waals surface area contributed by atoms with Crippen molar-refractivity contribution in [2.75, 3.05) is 0 Å². The van der Waals surface area contributed by atoms with Crippen LogP contribution in [0.2, 0.25) is 0 Å². The van der Waals surface area contributed by atoms with Gasteiger partial charge in [-0.25, -0.2) is 4.79 Å². The molecular formula is C12H11Cl5O2. The predicted molar refractivity (Wildman–Crippen MR) is 80.9 cm³/mol. The van der Waals surface area contributed by atoms with Crippen LogP contribution in [0.5, 0.6) is 5.75 Å². The Morgan fingerprint density at radius 1 is 1.32 bits per heavy atom. The van der Waals surface area contributed by atoms with Crippen LogP contribution in [0.3, 0.4) is 0 Å². The molecule has 0 atom stereocenters. The second-order valence-corrected chi connectivity index (χ2v) is 7.25.